The number of halogens is 5. The maximum atomic E-state index is 12.6. The van der Waals surface area contributed by atoms with Gasteiger partial charge in [0.1, 0.15) is 4.90 Å². The molecular weight excluding hydrogens is 330 g/mol. The van der Waals surface area contributed by atoms with Crippen LogP contribution in [0.1, 0.15) is 16.2 Å². The van der Waals surface area contributed by atoms with Gasteiger partial charge in [0.25, 0.3) is 15.0 Å². The number of aryl methyl sites for hydroxylation is 1. The number of rotatable bonds is 5. The van der Waals surface area contributed by atoms with E-state index in [1.807, 2.05) is 0 Å². The third kappa shape index (κ3) is 3.60. The van der Waals surface area contributed by atoms with Crippen molar-refractivity contribution in [2.45, 2.75) is 24.2 Å². The Balaban J connectivity index is 2.96. The van der Waals surface area contributed by atoms with Crippen molar-refractivity contribution in [1.29, 1.82) is 0 Å². The summed E-state index contributed by atoms with van der Waals surface area (Å²) in [7, 11) is 0.705. The third-order valence-corrected chi connectivity index (χ3v) is 3.60. The molecule has 0 aromatic carbocycles. The standard InChI is InChI=1S/C8H8ClF4N3O3S/c1-3-5(20(9,18)19)4(16-15-3)6(17)14-2-8(12,13)7(10)11/h7H,2H2,1H3,(H,14,17)(H,15,16). The van der Waals surface area contributed by atoms with Gasteiger partial charge < -0.3 is 5.32 Å². The highest BCUT2D eigenvalue weighted by Crippen LogP contribution is 2.23. The summed E-state index contributed by atoms with van der Waals surface area (Å²) < 4.78 is 71.5. The van der Waals surface area contributed by atoms with E-state index in [1.54, 1.807) is 0 Å². The average molecular weight is 338 g/mol. The van der Waals surface area contributed by atoms with Crippen LogP contribution in [0.15, 0.2) is 4.90 Å². The number of hydrogen-bond acceptors (Lipinski definition) is 4. The molecule has 12 heteroatoms. The lowest BCUT2D eigenvalue weighted by atomic mass is 10.3. The first-order chi connectivity index (χ1) is 8.97. The highest BCUT2D eigenvalue weighted by Gasteiger charge is 2.41. The minimum Gasteiger partial charge on any atom is -0.344 e. The Labute approximate surface area is 114 Å². The molecule has 0 fully saturated rings. The number of H-pyrrole nitrogens is 1. The molecule has 6 nitrogen and oxygen atoms in total. The average Bonchev–Trinajstić information content (AvgIpc) is 2.67. The number of carbonyl (C=O) groups is 1. The van der Waals surface area contributed by atoms with Gasteiger partial charge >= 0.3 is 12.3 Å². The van der Waals surface area contributed by atoms with Crippen LogP contribution in [0.2, 0.25) is 0 Å². The molecule has 1 heterocycles. The van der Waals surface area contributed by atoms with Crippen LogP contribution in [0.5, 0.6) is 0 Å². The molecule has 2 N–H and O–H groups in total. The number of amides is 1. The minimum absolute atomic E-state index is 0.0919. The molecule has 0 saturated heterocycles. The van der Waals surface area contributed by atoms with Crippen LogP contribution >= 0.6 is 10.7 Å². The van der Waals surface area contributed by atoms with E-state index in [4.69, 9.17) is 10.7 Å². The van der Waals surface area contributed by atoms with Crippen LogP contribution in [-0.4, -0.2) is 43.4 Å². The van der Waals surface area contributed by atoms with Crippen molar-refractivity contribution in [2.75, 3.05) is 6.54 Å². The van der Waals surface area contributed by atoms with E-state index in [-0.39, 0.29) is 5.69 Å². The summed E-state index contributed by atoms with van der Waals surface area (Å²) in [5.41, 5.74) is -0.867. The lowest BCUT2D eigenvalue weighted by Crippen LogP contribution is -2.41. The quantitative estimate of drug-likeness (QED) is 0.625. The number of nitrogens with one attached hydrogen (secondary N) is 2. The zero-order chi connectivity index (χ0) is 15.7. The van der Waals surface area contributed by atoms with E-state index in [1.165, 1.54) is 12.2 Å². The monoisotopic (exact) mass is 337 g/mol. The Morgan fingerprint density at radius 3 is 2.50 bits per heavy atom. The number of alkyl halides is 4. The molecule has 1 aromatic rings. The number of nitrogens with zero attached hydrogens (tertiary/aromatic N) is 1. The normalized spacial score (nSPS) is 12.8. The van der Waals surface area contributed by atoms with Crippen molar-refractivity contribution in [3.8, 4) is 0 Å². The third-order valence-electron chi connectivity index (χ3n) is 2.15. The molecule has 1 rings (SSSR count). The topological polar surface area (TPSA) is 91.9 Å². The molecule has 0 aliphatic carbocycles. The summed E-state index contributed by atoms with van der Waals surface area (Å²) in [5.74, 6) is -5.81. The molecule has 0 radical (unpaired) electrons. The fraction of sp³-hybridized carbons (Fsp3) is 0.500. The van der Waals surface area contributed by atoms with Gasteiger partial charge in [-0.15, -0.1) is 0 Å². The minimum atomic E-state index is -4.44. The van der Waals surface area contributed by atoms with Crippen LogP contribution in [-0.2, 0) is 9.05 Å². The summed E-state index contributed by atoms with van der Waals surface area (Å²) in [4.78, 5) is 10.8. The highest BCUT2D eigenvalue weighted by atomic mass is 35.7. The van der Waals surface area contributed by atoms with E-state index in [0.29, 0.717) is 0 Å². The number of hydrogen-bond donors (Lipinski definition) is 2. The zero-order valence-corrected chi connectivity index (χ0v) is 11.3. The molecule has 0 aliphatic rings. The molecule has 0 bridgehead atoms. The number of aromatic amines is 1. The molecule has 1 amide bonds. The van der Waals surface area contributed by atoms with Gasteiger partial charge in [-0.3, -0.25) is 9.89 Å². The zero-order valence-electron chi connectivity index (χ0n) is 9.75. The van der Waals surface area contributed by atoms with Crippen LogP contribution in [0.4, 0.5) is 17.6 Å². The Morgan fingerprint density at radius 2 is 2.05 bits per heavy atom. The molecule has 0 saturated carbocycles. The fourth-order valence-corrected chi connectivity index (χ4v) is 2.58. The maximum Gasteiger partial charge on any atom is 0.324 e. The Kier molecular flexibility index (Phi) is 4.64. The van der Waals surface area contributed by atoms with Crippen molar-refractivity contribution in [3.05, 3.63) is 11.4 Å². The van der Waals surface area contributed by atoms with Gasteiger partial charge in [-0.2, -0.15) is 13.9 Å². The molecule has 0 unspecified atom stereocenters. The van der Waals surface area contributed by atoms with Crippen LogP contribution in [0.25, 0.3) is 0 Å². The SMILES string of the molecule is Cc1[nH]nc(C(=O)NCC(F)(F)C(F)F)c1S(=O)(=O)Cl. The lowest BCUT2D eigenvalue weighted by molar-refractivity contribution is -0.123. The first-order valence-electron chi connectivity index (χ1n) is 4.90. The Morgan fingerprint density at radius 1 is 1.50 bits per heavy atom. The molecule has 0 spiro atoms. The van der Waals surface area contributed by atoms with Gasteiger partial charge in [-0.05, 0) is 6.92 Å². The van der Waals surface area contributed by atoms with Crippen molar-refractivity contribution in [1.82, 2.24) is 15.5 Å². The van der Waals surface area contributed by atoms with Crippen molar-refractivity contribution in [2.24, 2.45) is 0 Å². The number of carbonyl (C=O) groups excluding carboxylic acids is 1. The van der Waals surface area contributed by atoms with Gasteiger partial charge in [0, 0.05) is 10.7 Å². The molecule has 1 aromatic heterocycles. The fourth-order valence-electron chi connectivity index (χ4n) is 1.23. The van der Waals surface area contributed by atoms with Crippen LogP contribution in [0.3, 0.4) is 0 Å². The summed E-state index contributed by atoms with van der Waals surface area (Å²) >= 11 is 0. The van der Waals surface area contributed by atoms with Crippen LogP contribution < -0.4 is 5.32 Å². The van der Waals surface area contributed by atoms with Gasteiger partial charge in [0.15, 0.2) is 5.69 Å². The van der Waals surface area contributed by atoms with Crippen molar-refractivity contribution >= 4 is 25.6 Å². The summed E-state index contributed by atoms with van der Waals surface area (Å²) in [6, 6.07) is 0. The van der Waals surface area contributed by atoms with Crippen molar-refractivity contribution in [3.63, 3.8) is 0 Å². The second kappa shape index (κ2) is 5.56. The molecule has 114 valence electrons. The van der Waals surface area contributed by atoms with E-state index < -0.39 is 44.4 Å². The second-order valence-electron chi connectivity index (χ2n) is 3.71. The summed E-state index contributed by atoms with van der Waals surface area (Å²) in [6.45, 7) is -0.440. The Hall–Kier alpha value is -1.36. The smallest absolute Gasteiger partial charge is 0.324 e. The molecule has 20 heavy (non-hydrogen) atoms. The largest absolute Gasteiger partial charge is 0.344 e. The molecular formula is C8H8ClF4N3O3S. The van der Waals surface area contributed by atoms with Gasteiger partial charge in [-0.1, -0.05) is 0 Å². The van der Waals surface area contributed by atoms with Gasteiger partial charge in [0.05, 0.1) is 12.2 Å². The van der Waals surface area contributed by atoms with E-state index in [2.05, 4.69) is 10.2 Å². The van der Waals surface area contributed by atoms with Crippen LogP contribution in [0, 0.1) is 6.92 Å². The van der Waals surface area contributed by atoms with E-state index in [0.717, 1.165) is 0 Å². The first-order valence-corrected chi connectivity index (χ1v) is 7.21. The summed E-state index contributed by atoms with van der Waals surface area (Å²) in [5, 5.41) is 6.90. The van der Waals surface area contributed by atoms with Crippen molar-refractivity contribution < 1.29 is 30.8 Å². The van der Waals surface area contributed by atoms with E-state index >= 15 is 0 Å². The molecule has 0 atom stereocenters. The summed E-state index contributed by atoms with van der Waals surface area (Å²) in [6.07, 6.45) is -3.97. The lowest BCUT2D eigenvalue weighted by Gasteiger charge is -2.15. The highest BCUT2D eigenvalue weighted by molar-refractivity contribution is 8.13. The van der Waals surface area contributed by atoms with Gasteiger partial charge in [-0.25, -0.2) is 17.2 Å². The second-order valence-corrected chi connectivity index (χ2v) is 6.21. The van der Waals surface area contributed by atoms with E-state index in [9.17, 15) is 30.8 Å². The first kappa shape index (κ1) is 16.7. The molecule has 0 aliphatic heterocycles. The predicted octanol–water partition coefficient (Wildman–Crippen LogP) is 1.28. The number of aromatic nitrogens is 2. The predicted molar refractivity (Wildman–Crippen MR) is 59.6 cm³/mol. The Bertz CT molecular complexity index is 616. The van der Waals surface area contributed by atoms with Gasteiger partial charge in [0.2, 0.25) is 0 Å². The maximum absolute atomic E-state index is 12.6.